The van der Waals surface area contributed by atoms with Gasteiger partial charge in [-0.15, -0.1) is 0 Å². The number of rotatable bonds is 6. The monoisotopic (exact) mass is 700 g/mol. The third-order valence-electron chi connectivity index (χ3n) is 16.0. The molecule has 10 rings (SSSR count). The van der Waals surface area contributed by atoms with Crippen LogP contribution in [0.4, 0.5) is 0 Å². The van der Waals surface area contributed by atoms with E-state index in [9.17, 15) is 20.1 Å². The van der Waals surface area contributed by atoms with Gasteiger partial charge in [0.15, 0.2) is 5.78 Å². The molecule has 9 aliphatic rings. The molecule has 4 heterocycles. The summed E-state index contributed by atoms with van der Waals surface area (Å²) in [6.07, 6.45) is 10.2. The Morgan fingerprint density at radius 3 is 2.53 bits per heavy atom. The smallest absolute Gasteiger partial charge is 0.159 e. The Hall–Kier alpha value is -2.05. The van der Waals surface area contributed by atoms with Gasteiger partial charge in [0, 0.05) is 11.3 Å². The lowest BCUT2D eigenvalue weighted by Gasteiger charge is -2.61. The van der Waals surface area contributed by atoms with Gasteiger partial charge < -0.3 is 29.5 Å². The van der Waals surface area contributed by atoms with Gasteiger partial charge in [0.05, 0.1) is 48.6 Å². The van der Waals surface area contributed by atoms with Crippen molar-refractivity contribution >= 4 is 5.78 Å². The van der Waals surface area contributed by atoms with Gasteiger partial charge in [-0.1, -0.05) is 88.6 Å². The minimum Gasteiger partial charge on any atom is -0.394 e. The molecule has 4 aliphatic heterocycles. The van der Waals surface area contributed by atoms with Crippen LogP contribution < -0.4 is 0 Å². The minimum absolute atomic E-state index is 0.0127. The Kier molecular flexibility index (Phi) is 9.42. The van der Waals surface area contributed by atoms with Crippen LogP contribution in [0.25, 0.3) is 0 Å². The predicted octanol–water partition coefficient (Wildman–Crippen LogP) is 6.38. The summed E-state index contributed by atoms with van der Waals surface area (Å²) in [5, 5.41) is 35.3. The summed E-state index contributed by atoms with van der Waals surface area (Å²) < 4.78 is 20.2. The Bertz CT molecular complexity index is 1550. The van der Waals surface area contributed by atoms with Crippen LogP contribution in [0.2, 0.25) is 0 Å². The van der Waals surface area contributed by atoms with Crippen molar-refractivity contribution in [3.05, 3.63) is 47.5 Å². The second-order valence-corrected chi connectivity index (χ2v) is 18.3. The number of carbonyl (C=O) groups is 1. The molecule has 1 spiro atoms. The molecule has 51 heavy (non-hydrogen) atoms. The SMILES string of the molecule is C[C@H]1[C@@H]([C@@H](O)[C@@](C)(O)[C@H]2CC[C@@]34OCC#C[C@@H](c5ccccc5)CO[C@H]5CC[C@@]6(C)[C@@H](C5)C(=O)C=C3[C@@H]6CC[C@]24C)O[C@@H](CO)[C@@H]1C1CCCC1. The Morgan fingerprint density at radius 1 is 1.02 bits per heavy atom. The molecule has 1 aromatic rings. The van der Waals surface area contributed by atoms with Crippen LogP contribution in [0.3, 0.4) is 0 Å². The molecule has 5 fully saturated rings. The van der Waals surface area contributed by atoms with Crippen LogP contribution in [-0.2, 0) is 19.0 Å². The second-order valence-electron chi connectivity index (χ2n) is 18.3. The van der Waals surface area contributed by atoms with Crippen molar-refractivity contribution in [1.29, 1.82) is 0 Å². The van der Waals surface area contributed by atoms with E-state index in [-0.39, 0.29) is 72.1 Å². The van der Waals surface area contributed by atoms with Crippen molar-refractivity contribution in [1.82, 2.24) is 0 Å². The first-order chi connectivity index (χ1) is 24.4. The Morgan fingerprint density at radius 2 is 1.78 bits per heavy atom. The van der Waals surface area contributed by atoms with Crippen molar-refractivity contribution in [2.75, 3.05) is 19.8 Å². The Balaban J connectivity index is 1.15. The summed E-state index contributed by atoms with van der Waals surface area (Å²) in [5.74, 6) is 7.43. The van der Waals surface area contributed by atoms with Gasteiger partial charge in [-0.2, -0.15) is 0 Å². The average Bonchev–Trinajstić information content (AvgIpc) is 3.84. The van der Waals surface area contributed by atoms with E-state index in [0.29, 0.717) is 25.4 Å². The van der Waals surface area contributed by atoms with Crippen LogP contribution in [-0.4, -0.2) is 76.5 Å². The number of hydrogen-bond donors (Lipinski definition) is 3. The maximum Gasteiger partial charge on any atom is 0.159 e. The van der Waals surface area contributed by atoms with E-state index < -0.39 is 28.8 Å². The number of ether oxygens (including phenoxy) is 3. The summed E-state index contributed by atoms with van der Waals surface area (Å²) in [4.78, 5) is 14.3. The molecule has 5 aliphatic carbocycles. The molecule has 1 saturated heterocycles. The van der Waals surface area contributed by atoms with Gasteiger partial charge >= 0.3 is 0 Å². The van der Waals surface area contributed by atoms with Gasteiger partial charge in [0.25, 0.3) is 0 Å². The maximum absolute atomic E-state index is 14.3. The second kappa shape index (κ2) is 13.4. The fraction of sp³-hybridized carbons (Fsp3) is 0.750. The third-order valence-corrected chi connectivity index (χ3v) is 16.0. The van der Waals surface area contributed by atoms with Crippen LogP contribution >= 0.6 is 0 Å². The first-order valence-corrected chi connectivity index (χ1v) is 20.2. The quantitative estimate of drug-likeness (QED) is 0.296. The molecule has 0 amide bonds. The number of fused-ring (bicyclic) bond motifs is 2. The molecular weight excluding hydrogens is 640 g/mol. The zero-order chi connectivity index (χ0) is 35.8. The highest BCUT2D eigenvalue weighted by molar-refractivity contribution is 5.95. The molecule has 0 unspecified atom stereocenters. The molecule has 7 nitrogen and oxygen atoms in total. The van der Waals surface area contributed by atoms with Crippen molar-refractivity contribution in [2.24, 2.45) is 46.3 Å². The lowest BCUT2D eigenvalue weighted by atomic mass is 9.45. The van der Waals surface area contributed by atoms with Gasteiger partial charge in [0.1, 0.15) is 12.7 Å². The van der Waals surface area contributed by atoms with Crippen LogP contribution in [0.5, 0.6) is 0 Å². The standard InChI is InChI=1S/C44H60O7/c1-27-38(29-13-8-9-14-29)36(25-45)51-39(27)40(47)43(4,48)37-18-21-44-33-24-35(46)34-23-31(16-19-41(34,2)32(33)17-20-42(37,44)3)49-26-30(15-10-22-50-44)28-11-6-5-7-12-28/h5-7,11-12,24,27,29-32,34,36-40,45,47-48H,8-9,13-14,16-23,25-26H2,1-4H3/t27-,30-,31+,32+,34+,36+,37+,38+,39+,40-,41-,42-,43+,44-/m1/s1. The van der Waals surface area contributed by atoms with Gasteiger partial charge in [-0.3, -0.25) is 4.79 Å². The van der Waals surface area contributed by atoms with Crippen molar-refractivity contribution < 1.29 is 34.3 Å². The third kappa shape index (κ3) is 5.56. The van der Waals surface area contributed by atoms with E-state index in [0.717, 1.165) is 56.1 Å². The average molecular weight is 701 g/mol. The molecule has 3 N–H and O–H groups in total. The van der Waals surface area contributed by atoms with Gasteiger partial charge in [0.2, 0.25) is 0 Å². The summed E-state index contributed by atoms with van der Waals surface area (Å²) in [6.45, 7) is 9.14. The highest BCUT2D eigenvalue weighted by Crippen LogP contribution is 2.70. The van der Waals surface area contributed by atoms with E-state index >= 15 is 0 Å². The zero-order valence-electron chi connectivity index (χ0n) is 31.2. The number of carbonyl (C=O) groups excluding carboxylic acids is 1. The number of benzene rings is 1. The largest absolute Gasteiger partial charge is 0.394 e. The molecule has 14 atom stereocenters. The van der Waals surface area contributed by atoms with Crippen LogP contribution in [0.1, 0.15) is 110 Å². The van der Waals surface area contributed by atoms with E-state index in [1.807, 2.05) is 24.3 Å². The predicted molar refractivity (Wildman–Crippen MR) is 194 cm³/mol. The normalized spacial score (nSPS) is 45.7. The molecule has 0 aromatic heterocycles. The number of hydrogen-bond acceptors (Lipinski definition) is 7. The van der Waals surface area contributed by atoms with Crippen LogP contribution in [0, 0.1) is 58.2 Å². The molecular formula is C44H60O7. The van der Waals surface area contributed by atoms with E-state index in [1.165, 1.54) is 12.8 Å². The zero-order valence-corrected chi connectivity index (χ0v) is 31.2. The highest BCUT2D eigenvalue weighted by Gasteiger charge is 2.70. The Labute approximate surface area is 304 Å². The number of ketones is 1. The van der Waals surface area contributed by atoms with Gasteiger partial charge in [-0.05, 0) is 104 Å². The minimum atomic E-state index is -1.48. The fourth-order valence-electron chi connectivity index (χ4n) is 13.3. The summed E-state index contributed by atoms with van der Waals surface area (Å²) >= 11 is 0. The number of allylic oxidation sites excluding steroid dienone is 1. The molecule has 0 radical (unpaired) electrons. The molecule has 1 aromatic carbocycles. The van der Waals surface area contributed by atoms with E-state index in [4.69, 9.17) is 14.2 Å². The lowest BCUT2D eigenvalue weighted by Crippen LogP contribution is -2.64. The van der Waals surface area contributed by atoms with Crippen molar-refractivity contribution in [3.63, 3.8) is 0 Å². The topological polar surface area (TPSA) is 105 Å². The van der Waals surface area contributed by atoms with Crippen molar-refractivity contribution in [2.45, 2.75) is 140 Å². The highest BCUT2D eigenvalue weighted by atomic mass is 16.5. The van der Waals surface area contributed by atoms with Crippen LogP contribution in [0.15, 0.2) is 42.0 Å². The van der Waals surface area contributed by atoms with Crippen molar-refractivity contribution in [3.8, 4) is 11.8 Å². The summed E-state index contributed by atoms with van der Waals surface area (Å²) in [7, 11) is 0. The lowest BCUT2D eigenvalue weighted by molar-refractivity contribution is -0.204. The molecule has 278 valence electrons. The summed E-state index contributed by atoms with van der Waals surface area (Å²) in [6, 6.07) is 10.3. The number of aliphatic hydroxyl groups excluding tert-OH is 2. The van der Waals surface area contributed by atoms with E-state index in [1.54, 1.807) is 6.92 Å². The summed E-state index contributed by atoms with van der Waals surface area (Å²) in [5.41, 5.74) is -0.795. The molecule has 7 heteroatoms. The molecule has 4 saturated carbocycles. The van der Waals surface area contributed by atoms with E-state index in [2.05, 4.69) is 44.7 Å². The maximum atomic E-state index is 14.3. The fourth-order valence-corrected chi connectivity index (χ4v) is 13.3. The molecule has 6 bridgehead atoms. The number of aliphatic hydroxyl groups is 3. The first kappa shape index (κ1) is 36.0. The first-order valence-electron chi connectivity index (χ1n) is 20.2. The van der Waals surface area contributed by atoms with Gasteiger partial charge in [-0.25, -0.2) is 0 Å².